The average Bonchev–Trinajstić information content (AvgIpc) is 2.92. The van der Waals surface area contributed by atoms with Crippen molar-refractivity contribution < 1.29 is 10.2 Å². The molecule has 0 amide bonds. The third kappa shape index (κ3) is 4.11. The minimum Gasteiger partial charge on any atom is -0.389 e. The van der Waals surface area contributed by atoms with E-state index < -0.39 is 12.2 Å². The van der Waals surface area contributed by atoms with Gasteiger partial charge in [-0.1, -0.05) is 43.2 Å². The summed E-state index contributed by atoms with van der Waals surface area (Å²) in [6.45, 7) is 10.9. The molecule has 2 nitrogen and oxygen atoms in total. The van der Waals surface area contributed by atoms with E-state index in [2.05, 4.69) is 32.9 Å². The molecule has 0 unspecified atom stereocenters. The smallest absolute Gasteiger partial charge is 0.0782 e. The molecule has 4 atom stereocenters. The van der Waals surface area contributed by atoms with E-state index in [1.54, 1.807) is 0 Å². The highest BCUT2D eigenvalue weighted by molar-refractivity contribution is 5.21. The molecule has 1 fully saturated rings. The van der Waals surface area contributed by atoms with Crippen molar-refractivity contribution >= 4 is 0 Å². The second-order valence-corrected chi connectivity index (χ2v) is 7.99. The zero-order chi connectivity index (χ0) is 16.5. The molecule has 0 heterocycles. The first-order valence-corrected chi connectivity index (χ1v) is 8.59. The Bertz CT molecular complexity index is 496. The van der Waals surface area contributed by atoms with Gasteiger partial charge < -0.3 is 10.2 Å². The Morgan fingerprint density at radius 2 is 1.73 bits per heavy atom. The van der Waals surface area contributed by atoms with Gasteiger partial charge in [-0.3, -0.25) is 0 Å². The fourth-order valence-electron chi connectivity index (χ4n) is 3.83. The zero-order valence-electron chi connectivity index (χ0n) is 14.8. The van der Waals surface area contributed by atoms with Gasteiger partial charge >= 0.3 is 0 Å². The van der Waals surface area contributed by atoms with E-state index in [1.165, 1.54) is 12.0 Å². The van der Waals surface area contributed by atoms with Crippen molar-refractivity contribution in [1.82, 2.24) is 0 Å². The Balaban J connectivity index is 2.21. The van der Waals surface area contributed by atoms with E-state index in [-0.39, 0.29) is 0 Å². The molecular formula is C20H32O2. The van der Waals surface area contributed by atoms with Crippen LogP contribution < -0.4 is 0 Å². The van der Waals surface area contributed by atoms with Gasteiger partial charge in [0, 0.05) is 0 Å². The van der Waals surface area contributed by atoms with Crippen LogP contribution in [-0.2, 0) is 0 Å². The van der Waals surface area contributed by atoms with E-state index in [0.717, 1.165) is 17.6 Å². The minimum atomic E-state index is -0.406. The molecule has 0 aromatic carbocycles. The molecule has 0 saturated heterocycles. The second kappa shape index (κ2) is 6.72. The van der Waals surface area contributed by atoms with Crippen molar-refractivity contribution in [3.8, 4) is 0 Å². The first-order chi connectivity index (χ1) is 10.2. The molecular weight excluding hydrogens is 272 g/mol. The number of allylic oxidation sites excluding steroid dienone is 2. The van der Waals surface area contributed by atoms with Gasteiger partial charge in [0.25, 0.3) is 0 Å². The van der Waals surface area contributed by atoms with E-state index in [4.69, 9.17) is 0 Å². The average molecular weight is 304 g/mol. The van der Waals surface area contributed by atoms with Crippen LogP contribution in [0.4, 0.5) is 0 Å². The SMILES string of the molecule is CC1=C[C@H](O)CC(C)=CC[C@H](O)C(C)=C[C@@H]2[C@H](CC1)C2(C)C. The third-order valence-corrected chi connectivity index (χ3v) is 5.65. The van der Waals surface area contributed by atoms with Crippen molar-refractivity contribution in [3.63, 3.8) is 0 Å². The van der Waals surface area contributed by atoms with E-state index in [0.29, 0.717) is 30.1 Å². The zero-order valence-corrected chi connectivity index (χ0v) is 14.8. The maximum Gasteiger partial charge on any atom is 0.0782 e. The molecule has 0 aromatic rings. The highest BCUT2D eigenvalue weighted by Crippen LogP contribution is 2.61. The van der Waals surface area contributed by atoms with Crippen LogP contribution in [-0.4, -0.2) is 22.4 Å². The fraction of sp³-hybridized carbons (Fsp3) is 0.700. The Hall–Kier alpha value is -0.860. The summed E-state index contributed by atoms with van der Waals surface area (Å²) in [5.41, 5.74) is 3.87. The lowest BCUT2D eigenvalue weighted by atomic mass is 9.99. The summed E-state index contributed by atoms with van der Waals surface area (Å²) in [6.07, 6.45) is 9.09. The summed E-state index contributed by atoms with van der Waals surface area (Å²) in [4.78, 5) is 0. The van der Waals surface area contributed by atoms with Crippen molar-refractivity contribution in [1.29, 1.82) is 0 Å². The monoisotopic (exact) mass is 304 g/mol. The van der Waals surface area contributed by atoms with Gasteiger partial charge in [-0.25, -0.2) is 0 Å². The lowest BCUT2D eigenvalue weighted by molar-refractivity contribution is 0.211. The fourth-order valence-corrected chi connectivity index (χ4v) is 3.83. The number of rotatable bonds is 0. The molecule has 1 saturated carbocycles. The van der Waals surface area contributed by atoms with Crippen molar-refractivity contribution in [2.24, 2.45) is 17.3 Å². The molecule has 2 rings (SSSR count). The Kier molecular flexibility index (Phi) is 5.34. The summed E-state index contributed by atoms with van der Waals surface area (Å²) in [5.74, 6) is 1.27. The van der Waals surface area contributed by atoms with Crippen LogP contribution in [0.1, 0.15) is 60.3 Å². The first kappa shape index (κ1) is 17.5. The normalized spacial score (nSPS) is 36.4. The van der Waals surface area contributed by atoms with Gasteiger partial charge in [0.2, 0.25) is 0 Å². The van der Waals surface area contributed by atoms with E-state index in [1.807, 2.05) is 19.9 Å². The van der Waals surface area contributed by atoms with Crippen LogP contribution in [0.25, 0.3) is 0 Å². The van der Waals surface area contributed by atoms with Crippen LogP contribution >= 0.6 is 0 Å². The maximum atomic E-state index is 10.3. The van der Waals surface area contributed by atoms with Crippen LogP contribution in [0, 0.1) is 17.3 Å². The Morgan fingerprint density at radius 3 is 2.41 bits per heavy atom. The molecule has 2 N–H and O–H groups in total. The predicted octanol–water partition coefficient (Wildman–Crippen LogP) is 4.39. The van der Waals surface area contributed by atoms with Gasteiger partial charge in [-0.05, 0) is 69.3 Å². The summed E-state index contributed by atoms with van der Waals surface area (Å²) in [7, 11) is 0. The quantitative estimate of drug-likeness (QED) is 0.651. The Labute approximate surface area is 135 Å². The van der Waals surface area contributed by atoms with Gasteiger partial charge in [-0.15, -0.1) is 0 Å². The summed E-state index contributed by atoms with van der Waals surface area (Å²) in [6, 6.07) is 0. The molecule has 0 aromatic heterocycles. The highest BCUT2D eigenvalue weighted by Gasteiger charge is 2.55. The molecule has 0 aliphatic heterocycles. The lowest BCUT2D eigenvalue weighted by Gasteiger charge is -2.12. The number of aliphatic hydroxyl groups is 2. The second-order valence-electron chi connectivity index (χ2n) is 7.99. The molecule has 0 spiro atoms. The topological polar surface area (TPSA) is 40.5 Å². The van der Waals surface area contributed by atoms with Gasteiger partial charge in [0.1, 0.15) is 0 Å². The molecule has 2 heteroatoms. The number of hydrogen-bond acceptors (Lipinski definition) is 2. The summed E-state index contributed by atoms with van der Waals surface area (Å²) >= 11 is 0. The maximum absolute atomic E-state index is 10.3. The first-order valence-electron chi connectivity index (χ1n) is 8.59. The van der Waals surface area contributed by atoms with Crippen LogP contribution in [0.2, 0.25) is 0 Å². The van der Waals surface area contributed by atoms with Crippen LogP contribution in [0.15, 0.2) is 34.9 Å². The van der Waals surface area contributed by atoms with Crippen molar-refractivity contribution in [2.75, 3.05) is 0 Å². The molecule has 124 valence electrons. The highest BCUT2D eigenvalue weighted by atomic mass is 16.3. The van der Waals surface area contributed by atoms with E-state index in [9.17, 15) is 10.2 Å². The van der Waals surface area contributed by atoms with Crippen molar-refractivity contribution in [2.45, 2.75) is 72.5 Å². The van der Waals surface area contributed by atoms with Gasteiger partial charge in [0.15, 0.2) is 0 Å². The third-order valence-electron chi connectivity index (χ3n) is 5.65. The van der Waals surface area contributed by atoms with Gasteiger partial charge in [0.05, 0.1) is 12.2 Å². The number of aliphatic hydroxyl groups excluding tert-OH is 2. The van der Waals surface area contributed by atoms with Crippen LogP contribution in [0.5, 0.6) is 0 Å². The summed E-state index contributed by atoms with van der Waals surface area (Å²) in [5, 5.41) is 20.5. The molecule has 22 heavy (non-hydrogen) atoms. The number of fused-ring (bicyclic) bond motifs is 1. The molecule has 2 aliphatic rings. The molecule has 0 bridgehead atoms. The van der Waals surface area contributed by atoms with Crippen molar-refractivity contribution in [3.05, 3.63) is 34.9 Å². The number of hydrogen-bond donors (Lipinski definition) is 2. The van der Waals surface area contributed by atoms with E-state index >= 15 is 0 Å². The largest absolute Gasteiger partial charge is 0.389 e. The standard InChI is InChI=1S/C20H32O2/c1-13-6-8-17-18(20(17,4)5)12-15(3)19(22)9-7-14(2)11-16(21)10-13/h7,10,12,16-19,21-22H,6,8-9,11H2,1-5H3/t16-,17-,18+,19-/m0/s1. The molecule has 2 aliphatic carbocycles. The predicted molar refractivity (Wildman–Crippen MR) is 92.5 cm³/mol. The van der Waals surface area contributed by atoms with Gasteiger partial charge in [-0.2, -0.15) is 0 Å². The summed E-state index contributed by atoms with van der Waals surface area (Å²) < 4.78 is 0. The lowest BCUT2D eigenvalue weighted by Crippen LogP contribution is -2.09. The molecule has 0 radical (unpaired) electrons. The minimum absolute atomic E-state index is 0.339. The Morgan fingerprint density at radius 1 is 1.05 bits per heavy atom. The van der Waals surface area contributed by atoms with Crippen LogP contribution in [0.3, 0.4) is 0 Å².